The monoisotopic (exact) mass is 210 g/mol. The standard InChI is InChI=1S/C11H14O4/c1-3-14-10-6-8(5-9(12)7-10)11(13)15-4-2/h5-7,12H,3-4H2,1-2H3. The van der Waals surface area contributed by atoms with Crippen LogP contribution in [0, 0.1) is 0 Å². The molecule has 1 aromatic carbocycles. The van der Waals surface area contributed by atoms with Gasteiger partial charge in [-0.1, -0.05) is 0 Å². The van der Waals surface area contributed by atoms with Gasteiger partial charge in [0.25, 0.3) is 0 Å². The Morgan fingerprint density at radius 1 is 1.27 bits per heavy atom. The van der Waals surface area contributed by atoms with Crippen molar-refractivity contribution in [1.29, 1.82) is 0 Å². The highest BCUT2D eigenvalue weighted by Gasteiger charge is 2.09. The summed E-state index contributed by atoms with van der Waals surface area (Å²) in [6.45, 7) is 4.34. The number of phenolic OH excluding ortho intramolecular Hbond substituents is 1. The maximum absolute atomic E-state index is 11.4. The van der Waals surface area contributed by atoms with Crippen LogP contribution in [0.5, 0.6) is 11.5 Å². The third-order valence-electron chi connectivity index (χ3n) is 1.71. The summed E-state index contributed by atoms with van der Waals surface area (Å²) in [6, 6.07) is 4.34. The fourth-order valence-corrected chi connectivity index (χ4v) is 1.17. The molecule has 0 saturated heterocycles. The van der Waals surface area contributed by atoms with Crippen molar-refractivity contribution in [2.75, 3.05) is 13.2 Å². The van der Waals surface area contributed by atoms with Crippen LogP contribution >= 0.6 is 0 Å². The van der Waals surface area contributed by atoms with E-state index in [0.29, 0.717) is 24.5 Å². The molecule has 0 atom stereocenters. The highest BCUT2D eigenvalue weighted by molar-refractivity contribution is 5.90. The summed E-state index contributed by atoms with van der Waals surface area (Å²) in [4.78, 5) is 11.4. The van der Waals surface area contributed by atoms with E-state index >= 15 is 0 Å². The zero-order valence-electron chi connectivity index (χ0n) is 8.82. The van der Waals surface area contributed by atoms with Gasteiger partial charge in [0.2, 0.25) is 0 Å². The normalized spacial score (nSPS) is 9.73. The van der Waals surface area contributed by atoms with E-state index in [1.165, 1.54) is 12.1 Å². The first-order valence-corrected chi connectivity index (χ1v) is 4.81. The number of aromatic hydroxyl groups is 1. The molecular weight excluding hydrogens is 196 g/mol. The predicted octanol–water partition coefficient (Wildman–Crippen LogP) is 1.97. The molecule has 15 heavy (non-hydrogen) atoms. The topological polar surface area (TPSA) is 55.8 Å². The lowest BCUT2D eigenvalue weighted by Gasteiger charge is -2.06. The molecule has 82 valence electrons. The van der Waals surface area contributed by atoms with Crippen molar-refractivity contribution < 1.29 is 19.4 Å². The van der Waals surface area contributed by atoms with E-state index in [1.807, 2.05) is 6.92 Å². The maximum Gasteiger partial charge on any atom is 0.338 e. The number of benzene rings is 1. The van der Waals surface area contributed by atoms with Gasteiger partial charge in [0.05, 0.1) is 18.8 Å². The molecule has 0 bridgehead atoms. The van der Waals surface area contributed by atoms with Gasteiger partial charge in [0.15, 0.2) is 0 Å². The average Bonchev–Trinajstić information content (AvgIpc) is 2.17. The van der Waals surface area contributed by atoms with Gasteiger partial charge >= 0.3 is 5.97 Å². The number of esters is 1. The van der Waals surface area contributed by atoms with Crippen molar-refractivity contribution >= 4 is 5.97 Å². The minimum Gasteiger partial charge on any atom is -0.508 e. The molecule has 0 fully saturated rings. The molecule has 0 unspecified atom stereocenters. The highest BCUT2D eigenvalue weighted by Crippen LogP contribution is 2.22. The molecule has 0 saturated carbocycles. The predicted molar refractivity (Wildman–Crippen MR) is 55.2 cm³/mol. The highest BCUT2D eigenvalue weighted by atomic mass is 16.5. The molecule has 1 N–H and O–H groups in total. The summed E-state index contributed by atoms with van der Waals surface area (Å²) in [7, 11) is 0. The molecule has 0 spiro atoms. The number of ether oxygens (including phenoxy) is 2. The molecule has 0 aliphatic rings. The smallest absolute Gasteiger partial charge is 0.338 e. The van der Waals surface area contributed by atoms with Gasteiger partial charge in [-0.05, 0) is 26.0 Å². The van der Waals surface area contributed by atoms with Crippen LogP contribution in [0.3, 0.4) is 0 Å². The summed E-state index contributed by atoms with van der Waals surface area (Å²) < 4.78 is 10.00. The Kier molecular flexibility index (Phi) is 3.97. The van der Waals surface area contributed by atoms with Crippen molar-refractivity contribution in [2.24, 2.45) is 0 Å². The van der Waals surface area contributed by atoms with Crippen LogP contribution < -0.4 is 4.74 Å². The molecule has 0 amide bonds. The molecule has 0 aliphatic carbocycles. The summed E-state index contributed by atoms with van der Waals surface area (Å²) in [6.07, 6.45) is 0. The number of hydrogen-bond donors (Lipinski definition) is 1. The van der Waals surface area contributed by atoms with E-state index < -0.39 is 5.97 Å². The second kappa shape index (κ2) is 5.24. The van der Waals surface area contributed by atoms with Crippen molar-refractivity contribution in [3.05, 3.63) is 23.8 Å². The van der Waals surface area contributed by atoms with E-state index in [-0.39, 0.29) is 5.75 Å². The molecule has 0 aliphatic heterocycles. The Bertz CT molecular complexity index is 346. The fraction of sp³-hybridized carbons (Fsp3) is 0.364. The van der Waals surface area contributed by atoms with Gasteiger partial charge in [0, 0.05) is 6.07 Å². The Balaban J connectivity index is 2.92. The number of phenols is 1. The first-order valence-electron chi connectivity index (χ1n) is 4.81. The van der Waals surface area contributed by atoms with Gasteiger partial charge in [-0.3, -0.25) is 0 Å². The molecular formula is C11H14O4. The summed E-state index contributed by atoms with van der Waals surface area (Å²) in [5.74, 6) is -0.0149. The summed E-state index contributed by atoms with van der Waals surface area (Å²) in [5, 5.41) is 9.35. The summed E-state index contributed by atoms with van der Waals surface area (Å²) >= 11 is 0. The lowest BCUT2D eigenvalue weighted by molar-refractivity contribution is 0.0525. The first-order chi connectivity index (χ1) is 7.17. The number of hydrogen-bond acceptors (Lipinski definition) is 4. The Labute approximate surface area is 88.4 Å². The SMILES string of the molecule is CCOC(=O)c1cc(O)cc(OCC)c1. The number of carbonyl (C=O) groups is 1. The van der Waals surface area contributed by atoms with E-state index in [9.17, 15) is 9.90 Å². The van der Waals surface area contributed by atoms with E-state index in [1.54, 1.807) is 13.0 Å². The van der Waals surface area contributed by atoms with Crippen LogP contribution in [0.4, 0.5) is 0 Å². The lowest BCUT2D eigenvalue weighted by atomic mass is 10.2. The minimum absolute atomic E-state index is 0.0102. The van der Waals surface area contributed by atoms with Crippen LogP contribution in [0.15, 0.2) is 18.2 Å². The molecule has 0 radical (unpaired) electrons. The van der Waals surface area contributed by atoms with E-state index in [0.717, 1.165) is 0 Å². The minimum atomic E-state index is -0.464. The summed E-state index contributed by atoms with van der Waals surface area (Å²) in [5.41, 5.74) is 0.292. The second-order valence-corrected chi connectivity index (χ2v) is 2.87. The van der Waals surface area contributed by atoms with Gasteiger partial charge in [-0.2, -0.15) is 0 Å². The van der Waals surface area contributed by atoms with Crippen molar-refractivity contribution in [3.63, 3.8) is 0 Å². The van der Waals surface area contributed by atoms with Crippen molar-refractivity contribution in [1.82, 2.24) is 0 Å². The van der Waals surface area contributed by atoms with Crippen molar-refractivity contribution in [2.45, 2.75) is 13.8 Å². The molecule has 1 aromatic rings. The molecule has 0 aromatic heterocycles. The zero-order valence-corrected chi connectivity index (χ0v) is 8.82. The molecule has 1 rings (SSSR count). The Morgan fingerprint density at radius 2 is 2.00 bits per heavy atom. The maximum atomic E-state index is 11.4. The average molecular weight is 210 g/mol. The third kappa shape index (κ3) is 3.16. The van der Waals surface area contributed by atoms with Crippen LogP contribution in [0.1, 0.15) is 24.2 Å². The van der Waals surface area contributed by atoms with E-state index in [4.69, 9.17) is 9.47 Å². The molecule has 4 heteroatoms. The van der Waals surface area contributed by atoms with Crippen LogP contribution in [0.25, 0.3) is 0 Å². The zero-order chi connectivity index (χ0) is 11.3. The van der Waals surface area contributed by atoms with Crippen LogP contribution in [-0.2, 0) is 4.74 Å². The van der Waals surface area contributed by atoms with Gasteiger partial charge < -0.3 is 14.6 Å². The fourth-order valence-electron chi connectivity index (χ4n) is 1.17. The molecule has 4 nitrogen and oxygen atoms in total. The van der Waals surface area contributed by atoms with Crippen LogP contribution in [-0.4, -0.2) is 24.3 Å². The largest absolute Gasteiger partial charge is 0.508 e. The second-order valence-electron chi connectivity index (χ2n) is 2.87. The number of rotatable bonds is 4. The van der Waals surface area contributed by atoms with Gasteiger partial charge in [0.1, 0.15) is 11.5 Å². The lowest BCUT2D eigenvalue weighted by Crippen LogP contribution is -2.05. The van der Waals surface area contributed by atoms with Crippen LogP contribution in [0.2, 0.25) is 0 Å². The molecule has 0 heterocycles. The Hall–Kier alpha value is -1.71. The van der Waals surface area contributed by atoms with Crippen molar-refractivity contribution in [3.8, 4) is 11.5 Å². The quantitative estimate of drug-likeness (QED) is 0.772. The Morgan fingerprint density at radius 3 is 2.60 bits per heavy atom. The first kappa shape index (κ1) is 11.4. The van der Waals surface area contributed by atoms with E-state index in [2.05, 4.69) is 0 Å². The third-order valence-corrected chi connectivity index (χ3v) is 1.71. The number of carbonyl (C=O) groups excluding carboxylic acids is 1. The van der Waals surface area contributed by atoms with Gasteiger partial charge in [-0.15, -0.1) is 0 Å². The van der Waals surface area contributed by atoms with Gasteiger partial charge in [-0.25, -0.2) is 4.79 Å².